The Morgan fingerprint density at radius 1 is 1.35 bits per heavy atom. The number of hydrogen-bond acceptors (Lipinski definition) is 4. The van der Waals surface area contributed by atoms with Crippen molar-refractivity contribution in [3.05, 3.63) is 47.5 Å². The van der Waals surface area contributed by atoms with Crippen molar-refractivity contribution in [1.82, 2.24) is 14.8 Å². The summed E-state index contributed by atoms with van der Waals surface area (Å²) in [5.74, 6) is -2.00. The predicted molar refractivity (Wildman–Crippen MR) is 85.7 cm³/mol. The molecule has 1 N–H and O–H groups in total. The number of ketones is 1. The number of rotatable bonds is 7. The first-order valence-electron chi connectivity index (χ1n) is 6.96. The minimum atomic E-state index is -2.18. The Labute approximate surface area is 143 Å². The van der Waals surface area contributed by atoms with Crippen LogP contribution in [-0.4, -0.2) is 36.5 Å². The molecule has 0 amide bonds. The van der Waals surface area contributed by atoms with Crippen molar-refractivity contribution in [3.8, 4) is 0 Å². The van der Waals surface area contributed by atoms with Crippen LogP contribution in [0.15, 0.2) is 36.9 Å². The van der Waals surface area contributed by atoms with Crippen LogP contribution in [0.4, 0.5) is 0 Å². The standard InChI is InChI=1S/C15H15Cl2N3O3/c1-2-3-12(21)15(17,14(22)23)13(20-9-18-8-19-20)10-4-6-11(16)7-5-10/h4-9,13H,2-3H2,1H3,(H,22,23). The van der Waals surface area contributed by atoms with E-state index in [0.717, 1.165) is 0 Å². The molecule has 2 aromatic rings. The van der Waals surface area contributed by atoms with Gasteiger partial charge in [-0.25, -0.2) is 14.5 Å². The average Bonchev–Trinajstić information content (AvgIpc) is 3.03. The molecule has 0 radical (unpaired) electrons. The van der Waals surface area contributed by atoms with Crippen LogP contribution in [0.5, 0.6) is 0 Å². The molecule has 23 heavy (non-hydrogen) atoms. The van der Waals surface area contributed by atoms with Crippen LogP contribution in [0.3, 0.4) is 0 Å². The molecule has 0 fully saturated rings. The first-order valence-corrected chi connectivity index (χ1v) is 7.72. The lowest BCUT2D eigenvalue weighted by Crippen LogP contribution is -2.49. The number of aromatic nitrogens is 3. The number of carbonyl (C=O) groups excluding carboxylic acids is 1. The van der Waals surface area contributed by atoms with Crippen molar-refractivity contribution in [3.63, 3.8) is 0 Å². The monoisotopic (exact) mass is 355 g/mol. The maximum atomic E-state index is 12.5. The zero-order chi connectivity index (χ0) is 17.0. The van der Waals surface area contributed by atoms with E-state index in [9.17, 15) is 14.7 Å². The SMILES string of the molecule is CCCC(=O)C(Cl)(C(=O)O)C(c1ccc(Cl)cc1)n1cncn1. The van der Waals surface area contributed by atoms with E-state index < -0.39 is 22.7 Å². The second-order valence-corrected chi connectivity index (χ2v) is 6.05. The summed E-state index contributed by atoms with van der Waals surface area (Å²) in [7, 11) is 0. The minimum Gasteiger partial charge on any atom is -0.480 e. The van der Waals surface area contributed by atoms with Gasteiger partial charge in [0.25, 0.3) is 0 Å². The van der Waals surface area contributed by atoms with Crippen LogP contribution in [0, 0.1) is 0 Å². The van der Waals surface area contributed by atoms with Gasteiger partial charge in [-0.05, 0) is 24.1 Å². The molecule has 2 atom stereocenters. The maximum absolute atomic E-state index is 12.5. The molecule has 0 aliphatic rings. The van der Waals surface area contributed by atoms with Gasteiger partial charge in [0.1, 0.15) is 18.7 Å². The molecule has 0 saturated heterocycles. The van der Waals surface area contributed by atoms with Crippen LogP contribution in [0.25, 0.3) is 0 Å². The molecular formula is C15H15Cl2N3O3. The van der Waals surface area contributed by atoms with Gasteiger partial charge in [-0.15, -0.1) is 0 Å². The fraction of sp³-hybridized carbons (Fsp3) is 0.333. The molecule has 0 aliphatic carbocycles. The average molecular weight is 356 g/mol. The second-order valence-electron chi connectivity index (χ2n) is 5.02. The molecule has 0 aliphatic heterocycles. The number of nitrogens with zero attached hydrogens (tertiary/aromatic N) is 3. The van der Waals surface area contributed by atoms with Crippen molar-refractivity contribution >= 4 is 35.0 Å². The quantitative estimate of drug-likeness (QED) is 0.609. The second kappa shape index (κ2) is 7.10. The molecule has 6 nitrogen and oxygen atoms in total. The molecule has 8 heteroatoms. The lowest BCUT2D eigenvalue weighted by molar-refractivity contribution is -0.145. The highest BCUT2D eigenvalue weighted by molar-refractivity contribution is 6.46. The van der Waals surface area contributed by atoms with Gasteiger partial charge in [0.2, 0.25) is 4.87 Å². The highest BCUT2D eigenvalue weighted by Crippen LogP contribution is 2.38. The van der Waals surface area contributed by atoms with Crippen LogP contribution in [0.2, 0.25) is 5.02 Å². The van der Waals surface area contributed by atoms with E-state index in [4.69, 9.17) is 23.2 Å². The highest BCUT2D eigenvalue weighted by atomic mass is 35.5. The zero-order valence-corrected chi connectivity index (χ0v) is 13.8. The van der Waals surface area contributed by atoms with Gasteiger partial charge in [0.15, 0.2) is 5.78 Å². The largest absolute Gasteiger partial charge is 0.480 e. The van der Waals surface area contributed by atoms with E-state index in [1.54, 1.807) is 31.2 Å². The summed E-state index contributed by atoms with van der Waals surface area (Å²) in [6.07, 6.45) is 3.13. The number of halogens is 2. The van der Waals surface area contributed by atoms with Gasteiger partial charge in [-0.3, -0.25) is 4.79 Å². The van der Waals surface area contributed by atoms with Gasteiger partial charge in [0, 0.05) is 11.4 Å². The van der Waals surface area contributed by atoms with Crippen molar-refractivity contribution in [1.29, 1.82) is 0 Å². The van der Waals surface area contributed by atoms with Crippen LogP contribution in [-0.2, 0) is 9.59 Å². The van der Waals surface area contributed by atoms with E-state index in [1.807, 2.05) is 0 Å². The first kappa shape index (κ1) is 17.4. The Kier molecular flexibility index (Phi) is 5.38. The van der Waals surface area contributed by atoms with E-state index in [2.05, 4.69) is 10.1 Å². The summed E-state index contributed by atoms with van der Waals surface area (Å²) < 4.78 is 1.28. The van der Waals surface area contributed by atoms with Crippen LogP contribution >= 0.6 is 23.2 Å². The summed E-state index contributed by atoms with van der Waals surface area (Å²) in [6.45, 7) is 1.78. The molecule has 1 aromatic heterocycles. The Hall–Kier alpha value is -1.92. The fourth-order valence-corrected chi connectivity index (χ4v) is 2.80. The Bertz CT molecular complexity index is 689. The van der Waals surface area contributed by atoms with E-state index in [1.165, 1.54) is 17.3 Å². The third-order valence-electron chi connectivity index (χ3n) is 3.46. The Morgan fingerprint density at radius 3 is 2.48 bits per heavy atom. The number of alkyl halides is 1. The fourth-order valence-electron chi connectivity index (χ4n) is 2.36. The molecule has 0 spiro atoms. The van der Waals surface area contributed by atoms with Crippen molar-refractivity contribution in [2.24, 2.45) is 0 Å². The number of Topliss-reactive ketones (excluding diaryl/α,β-unsaturated/α-hetero) is 1. The minimum absolute atomic E-state index is 0.0502. The predicted octanol–water partition coefficient (Wildman–Crippen LogP) is 2.95. The van der Waals surface area contributed by atoms with E-state index >= 15 is 0 Å². The van der Waals surface area contributed by atoms with Gasteiger partial charge in [-0.1, -0.05) is 42.3 Å². The normalized spacial score (nSPS) is 14.9. The number of hydrogen-bond donors (Lipinski definition) is 1. The molecular weight excluding hydrogens is 341 g/mol. The number of carbonyl (C=O) groups is 2. The number of carboxylic acid groups (broad SMARTS) is 1. The van der Waals surface area contributed by atoms with Crippen LogP contribution < -0.4 is 0 Å². The van der Waals surface area contributed by atoms with Gasteiger partial charge < -0.3 is 5.11 Å². The Balaban J connectivity index is 2.61. The molecule has 0 bridgehead atoms. The van der Waals surface area contributed by atoms with E-state index in [0.29, 0.717) is 17.0 Å². The van der Waals surface area contributed by atoms with Gasteiger partial charge in [-0.2, -0.15) is 5.10 Å². The van der Waals surface area contributed by atoms with Crippen molar-refractivity contribution in [2.45, 2.75) is 30.7 Å². The van der Waals surface area contributed by atoms with Crippen molar-refractivity contribution in [2.75, 3.05) is 0 Å². The molecule has 1 heterocycles. The smallest absolute Gasteiger partial charge is 0.335 e. The zero-order valence-electron chi connectivity index (χ0n) is 12.3. The summed E-state index contributed by atoms with van der Waals surface area (Å²) >= 11 is 12.2. The number of benzene rings is 1. The van der Waals surface area contributed by atoms with Crippen molar-refractivity contribution < 1.29 is 14.7 Å². The third kappa shape index (κ3) is 3.38. The summed E-state index contributed by atoms with van der Waals surface area (Å²) in [5, 5.41) is 14.1. The summed E-state index contributed by atoms with van der Waals surface area (Å²) in [6, 6.07) is 5.40. The van der Waals surface area contributed by atoms with Gasteiger partial charge in [0.05, 0.1) is 0 Å². The summed E-state index contributed by atoms with van der Waals surface area (Å²) in [4.78, 5) is 26.0. The summed E-state index contributed by atoms with van der Waals surface area (Å²) in [5.41, 5.74) is 0.502. The number of aliphatic carboxylic acids is 1. The number of carboxylic acids is 1. The molecule has 2 unspecified atom stereocenters. The maximum Gasteiger partial charge on any atom is 0.335 e. The third-order valence-corrected chi connectivity index (χ3v) is 4.29. The van der Waals surface area contributed by atoms with Gasteiger partial charge >= 0.3 is 5.97 Å². The lowest BCUT2D eigenvalue weighted by Gasteiger charge is -2.30. The molecule has 0 saturated carbocycles. The highest BCUT2D eigenvalue weighted by Gasteiger charge is 2.52. The van der Waals surface area contributed by atoms with E-state index in [-0.39, 0.29) is 6.42 Å². The molecule has 2 rings (SSSR count). The lowest BCUT2D eigenvalue weighted by atomic mass is 9.87. The molecule has 122 valence electrons. The van der Waals surface area contributed by atoms with Crippen LogP contribution in [0.1, 0.15) is 31.4 Å². The molecule has 1 aromatic carbocycles. The Morgan fingerprint density at radius 2 is 2.00 bits per heavy atom. The topological polar surface area (TPSA) is 85.1 Å². The first-order chi connectivity index (χ1) is 10.9.